The van der Waals surface area contributed by atoms with Crippen molar-refractivity contribution in [3.8, 4) is 17.1 Å². The highest BCUT2D eigenvalue weighted by Gasteiger charge is 2.17. The Morgan fingerprint density at radius 3 is 2.42 bits per heavy atom. The molecule has 10 heteroatoms. The van der Waals surface area contributed by atoms with Crippen molar-refractivity contribution in [2.24, 2.45) is 5.10 Å². The number of rotatable bonds is 7. The molecule has 1 heterocycles. The molecule has 6 nitrogen and oxygen atoms in total. The third-order valence-electron chi connectivity index (χ3n) is 4.44. The molecule has 0 unspecified atom stereocenters. The molecule has 33 heavy (non-hydrogen) atoms. The zero-order valence-electron chi connectivity index (χ0n) is 17.0. The summed E-state index contributed by atoms with van der Waals surface area (Å²) in [6.45, 7) is 0. The van der Waals surface area contributed by atoms with Crippen molar-refractivity contribution in [3.05, 3.63) is 93.4 Å². The van der Waals surface area contributed by atoms with Gasteiger partial charge in [-0.1, -0.05) is 70.8 Å². The number of nitrogens with zero attached hydrogens (tertiary/aromatic N) is 4. The van der Waals surface area contributed by atoms with Gasteiger partial charge in [-0.3, -0.25) is 9.36 Å². The Labute approximate surface area is 209 Å². The molecule has 0 aliphatic carbocycles. The Bertz CT molecular complexity index is 1290. The fraction of sp³-hybridized carbons (Fsp3) is 0.0435. The second kappa shape index (κ2) is 10.9. The lowest BCUT2D eigenvalue weighted by molar-refractivity contribution is -0.118. The molecule has 0 radical (unpaired) electrons. The van der Waals surface area contributed by atoms with E-state index in [1.807, 2.05) is 47.0 Å². The van der Waals surface area contributed by atoms with E-state index < -0.39 is 0 Å². The van der Waals surface area contributed by atoms with Crippen LogP contribution < -0.4 is 5.43 Å². The van der Waals surface area contributed by atoms with Gasteiger partial charge in [0.15, 0.2) is 11.0 Å². The lowest BCUT2D eigenvalue weighted by Gasteiger charge is -2.10. The Kier molecular flexibility index (Phi) is 7.67. The maximum atomic E-state index is 12.3. The minimum Gasteiger partial charge on any atom is -0.272 e. The van der Waals surface area contributed by atoms with E-state index in [0.717, 1.165) is 11.3 Å². The number of hydrazone groups is 1. The predicted molar refractivity (Wildman–Crippen MR) is 135 cm³/mol. The van der Waals surface area contributed by atoms with E-state index in [9.17, 15) is 4.79 Å². The molecule has 0 saturated carbocycles. The summed E-state index contributed by atoms with van der Waals surface area (Å²) in [5, 5.41) is 14.8. The number of benzene rings is 3. The number of hydrogen-bond donors (Lipinski definition) is 1. The van der Waals surface area contributed by atoms with E-state index in [1.54, 1.807) is 30.3 Å². The van der Waals surface area contributed by atoms with Crippen molar-refractivity contribution in [1.29, 1.82) is 0 Å². The molecule has 0 aliphatic rings. The highest BCUT2D eigenvalue weighted by molar-refractivity contribution is 7.99. The Hall–Kier alpha value is -2.84. The zero-order valence-corrected chi connectivity index (χ0v) is 20.0. The summed E-state index contributed by atoms with van der Waals surface area (Å²) in [5.74, 6) is 0.449. The largest absolute Gasteiger partial charge is 0.272 e. The average Bonchev–Trinajstić information content (AvgIpc) is 3.24. The maximum absolute atomic E-state index is 12.3. The van der Waals surface area contributed by atoms with Crippen LogP contribution in [-0.4, -0.2) is 32.6 Å². The van der Waals surface area contributed by atoms with Gasteiger partial charge in [0.05, 0.1) is 17.0 Å². The monoisotopic (exact) mass is 515 g/mol. The summed E-state index contributed by atoms with van der Waals surface area (Å²) in [7, 11) is 0. The Morgan fingerprint density at radius 2 is 1.70 bits per heavy atom. The Balaban J connectivity index is 1.49. The quantitative estimate of drug-likeness (QED) is 0.182. The smallest absolute Gasteiger partial charge is 0.250 e. The van der Waals surface area contributed by atoms with Crippen LogP contribution in [0.15, 0.2) is 83.1 Å². The maximum Gasteiger partial charge on any atom is 0.250 e. The van der Waals surface area contributed by atoms with Gasteiger partial charge in [-0.15, -0.1) is 10.2 Å². The second-order valence-electron chi connectivity index (χ2n) is 6.73. The van der Waals surface area contributed by atoms with E-state index in [0.29, 0.717) is 31.6 Å². The highest BCUT2D eigenvalue weighted by atomic mass is 35.5. The van der Waals surface area contributed by atoms with Gasteiger partial charge in [-0.2, -0.15) is 5.10 Å². The minimum atomic E-state index is -0.294. The molecule has 0 fully saturated rings. The number of nitrogens with one attached hydrogen (secondary N) is 1. The van der Waals surface area contributed by atoms with Gasteiger partial charge in [0.1, 0.15) is 0 Å². The van der Waals surface area contributed by atoms with E-state index in [1.165, 1.54) is 18.0 Å². The molecule has 0 aliphatic heterocycles. The van der Waals surface area contributed by atoms with Gasteiger partial charge in [0.25, 0.3) is 5.91 Å². The number of thioether (sulfide) groups is 1. The SMILES string of the molecule is O=C(CSc1nnc(-c2ccc(Cl)cc2)n1-c1ccccc1)N/N=C\c1ccc(Cl)cc1Cl. The molecule has 0 bridgehead atoms. The molecule has 1 N–H and O–H groups in total. The summed E-state index contributed by atoms with van der Waals surface area (Å²) >= 11 is 19.3. The van der Waals surface area contributed by atoms with Gasteiger partial charge in [0.2, 0.25) is 0 Å². The third kappa shape index (κ3) is 5.94. The van der Waals surface area contributed by atoms with Crippen LogP contribution in [0.3, 0.4) is 0 Å². The van der Waals surface area contributed by atoms with E-state index >= 15 is 0 Å². The van der Waals surface area contributed by atoms with Crippen molar-refractivity contribution >= 4 is 58.7 Å². The summed E-state index contributed by atoms with van der Waals surface area (Å²) < 4.78 is 1.90. The number of carbonyl (C=O) groups excluding carboxylic acids is 1. The first-order chi connectivity index (χ1) is 16.0. The fourth-order valence-electron chi connectivity index (χ4n) is 2.90. The summed E-state index contributed by atoms with van der Waals surface area (Å²) in [6.07, 6.45) is 1.46. The molecule has 4 rings (SSSR count). The van der Waals surface area contributed by atoms with E-state index in [-0.39, 0.29) is 11.7 Å². The van der Waals surface area contributed by atoms with E-state index in [4.69, 9.17) is 34.8 Å². The summed E-state index contributed by atoms with van der Waals surface area (Å²) in [6, 6.07) is 22.1. The molecule has 4 aromatic rings. The van der Waals surface area contributed by atoms with Crippen LogP contribution in [0.25, 0.3) is 17.1 Å². The molecule has 3 aromatic carbocycles. The fourth-order valence-corrected chi connectivity index (χ4v) is 4.23. The van der Waals surface area contributed by atoms with Crippen molar-refractivity contribution in [1.82, 2.24) is 20.2 Å². The molecule has 0 saturated heterocycles. The first-order valence-corrected chi connectivity index (χ1v) is 11.8. The van der Waals surface area contributed by atoms with Gasteiger partial charge >= 0.3 is 0 Å². The standard InChI is InChI=1S/C23H16Cl3N5OS/c24-17-9-6-15(7-10-17)22-29-30-23(31(22)19-4-2-1-3-5-19)33-14-21(32)28-27-13-16-8-11-18(25)12-20(16)26/h1-13H,14H2,(H,28,32)/b27-13-. The molecule has 166 valence electrons. The predicted octanol–water partition coefficient (Wildman–Crippen LogP) is 6.14. The molecule has 0 atom stereocenters. The van der Waals surface area contributed by atoms with Crippen LogP contribution >= 0.6 is 46.6 Å². The van der Waals surface area contributed by atoms with Gasteiger partial charge < -0.3 is 0 Å². The third-order valence-corrected chi connectivity index (χ3v) is 6.18. The average molecular weight is 517 g/mol. The van der Waals surface area contributed by atoms with Gasteiger partial charge in [-0.05, 0) is 48.5 Å². The topological polar surface area (TPSA) is 72.2 Å². The molecule has 1 amide bonds. The van der Waals surface area contributed by atoms with Crippen molar-refractivity contribution < 1.29 is 4.79 Å². The molecular weight excluding hydrogens is 501 g/mol. The van der Waals surface area contributed by atoms with Crippen LogP contribution in [0.2, 0.25) is 15.1 Å². The van der Waals surface area contributed by atoms with E-state index in [2.05, 4.69) is 20.7 Å². The van der Waals surface area contributed by atoms with Crippen molar-refractivity contribution in [2.45, 2.75) is 5.16 Å². The lowest BCUT2D eigenvalue weighted by atomic mass is 10.2. The minimum absolute atomic E-state index is 0.0945. The number of halogens is 3. The number of aromatic nitrogens is 3. The first-order valence-electron chi connectivity index (χ1n) is 9.68. The summed E-state index contributed by atoms with van der Waals surface area (Å²) in [5.41, 5.74) is 4.88. The van der Waals surface area contributed by atoms with Crippen LogP contribution in [0.1, 0.15) is 5.56 Å². The molecular formula is C23H16Cl3N5OS. The zero-order chi connectivity index (χ0) is 23.2. The highest BCUT2D eigenvalue weighted by Crippen LogP contribution is 2.28. The van der Waals surface area contributed by atoms with Crippen LogP contribution in [-0.2, 0) is 4.79 Å². The molecule has 0 spiro atoms. The molecule has 1 aromatic heterocycles. The summed E-state index contributed by atoms with van der Waals surface area (Å²) in [4.78, 5) is 12.3. The number of para-hydroxylation sites is 1. The number of carbonyl (C=O) groups is 1. The van der Waals surface area contributed by atoms with Crippen LogP contribution in [0.4, 0.5) is 0 Å². The van der Waals surface area contributed by atoms with Crippen molar-refractivity contribution in [3.63, 3.8) is 0 Å². The van der Waals surface area contributed by atoms with Gasteiger partial charge in [0, 0.05) is 26.9 Å². The normalized spacial score (nSPS) is 11.1. The van der Waals surface area contributed by atoms with Crippen molar-refractivity contribution in [2.75, 3.05) is 5.75 Å². The van der Waals surface area contributed by atoms with Crippen LogP contribution in [0.5, 0.6) is 0 Å². The van der Waals surface area contributed by atoms with Gasteiger partial charge in [-0.25, -0.2) is 5.43 Å². The van der Waals surface area contributed by atoms with Crippen LogP contribution in [0, 0.1) is 0 Å². The number of hydrogen-bond acceptors (Lipinski definition) is 5. The first kappa shape index (κ1) is 23.3. The lowest BCUT2D eigenvalue weighted by Crippen LogP contribution is -2.20. The second-order valence-corrected chi connectivity index (χ2v) is 8.95. The number of amides is 1. The Morgan fingerprint density at radius 1 is 0.970 bits per heavy atom.